The molecule has 0 heterocycles. The second-order valence-corrected chi connectivity index (χ2v) is 6.78. The minimum absolute atomic E-state index is 0.339. The molecule has 0 aliphatic rings. The van der Waals surface area contributed by atoms with Gasteiger partial charge in [-0.2, -0.15) is 0 Å². The van der Waals surface area contributed by atoms with E-state index in [9.17, 15) is 9.59 Å². The van der Waals surface area contributed by atoms with E-state index in [4.69, 9.17) is 14.2 Å². The van der Waals surface area contributed by atoms with Gasteiger partial charge in [-0.15, -0.1) is 0 Å². The SMILES string of the molecule is COc1ccc(CCNC(=O)COC(=O)c2ccccc2-c2ccccc2)cc1OC. The van der Waals surface area contributed by atoms with Crippen molar-refractivity contribution in [3.8, 4) is 22.6 Å². The summed E-state index contributed by atoms with van der Waals surface area (Å²) in [7, 11) is 3.16. The smallest absolute Gasteiger partial charge is 0.339 e. The summed E-state index contributed by atoms with van der Waals surface area (Å²) in [6, 6.07) is 22.4. The van der Waals surface area contributed by atoms with Crippen LogP contribution in [0.5, 0.6) is 11.5 Å². The van der Waals surface area contributed by atoms with Gasteiger partial charge in [-0.05, 0) is 41.3 Å². The fourth-order valence-corrected chi connectivity index (χ4v) is 3.17. The first kappa shape index (κ1) is 21.9. The summed E-state index contributed by atoms with van der Waals surface area (Å²) in [5, 5.41) is 2.76. The van der Waals surface area contributed by atoms with Gasteiger partial charge >= 0.3 is 5.97 Å². The molecule has 0 aliphatic heterocycles. The highest BCUT2D eigenvalue weighted by Gasteiger charge is 2.15. The highest BCUT2D eigenvalue weighted by Crippen LogP contribution is 2.27. The monoisotopic (exact) mass is 419 g/mol. The van der Waals surface area contributed by atoms with E-state index in [1.165, 1.54) is 0 Å². The molecule has 3 rings (SSSR count). The lowest BCUT2D eigenvalue weighted by Gasteiger charge is -2.11. The Kier molecular flexibility index (Phi) is 7.65. The van der Waals surface area contributed by atoms with Crippen LogP contribution in [-0.2, 0) is 16.0 Å². The van der Waals surface area contributed by atoms with Crippen LogP contribution >= 0.6 is 0 Å². The van der Waals surface area contributed by atoms with Crippen LogP contribution in [0.25, 0.3) is 11.1 Å². The van der Waals surface area contributed by atoms with E-state index in [0.717, 1.165) is 16.7 Å². The topological polar surface area (TPSA) is 73.9 Å². The lowest BCUT2D eigenvalue weighted by molar-refractivity contribution is -0.124. The molecular weight excluding hydrogens is 394 g/mol. The van der Waals surface area contributed by atoms with E-state index in [2.05, 4.69) is 5.32 Å². The Balaban J connectivity index is 1.51. The molecule has 6 nitrogen and oxygen atoms in total. The second-order valence-electron chi connectivity index (χ2n) is 6.78. The van der Waals surface area contributed by atoms with Crippen molar-refractivity contribution in [2.45, 2.75) is 6.42 Å². The number of ether oxygens (including phenoxy) is 3. The van der Waals surface area contributed by atoms with Crippen molar-refractivity contribution in [2.75, 3.05) is 27.4 Å². The number of rotatable bonds is 9. The van der Waals surface area contributed by atoms with E-state index < -0.39 is 5.97 Å². The van der Waals surface area contributed by atoms with Crippen molar-refractivity contribution in [1.29, 1.82) is 0 Å². The summed E-state index contributed by atoms with van der Waals surface area (Å²) in [6.07, 6.45) is 0.608. The maximum Gasteiger partial charge on any atom is 0.339 e. The molecule has 0 bridgehead atoms. The van der Waals surface area contributed by atoms with Gasteiger partial charge in [0, 0.05) is 6.54 Å². The summed E-state index contributed by atoms with van der Waals surface area (Å²) in [5.41, 5.74) is 3.09. The van der Waals surface area contributed by atoms with Gasteiger partial charge in [0.2, 0.25) is 0 Å². The van der Waals surface area contributed by atoms with E-state index in [0.29, 0.717) is 30.0 Å². The van der Waals surface area contributed by atoms with Crippen LogP contribution in [0.2, 0.25) is 0 Å². The van der Waals surface area contributed by atoms with Crippen molar-refractivity contribution in [3.63, 3.8) is 0 Å². The third kappa shape index (κ3) is 5.85. The quantitative estimate of drug-likeness (QED) is 0.533. The Morgan fingerprint density at radius 2 is 1.55 bits per heavy atom. The maximum atomic E-state index is 12.5. The van der Waals surface area contributed by atoms with E-state index >= 15 is 0 Å². The number of hydrogen-bond donors (Lipinski definition) is 1. The number of methoxy groups -OCH3 is 2. The average molecular weight is 419 g/mol. The molecule has 0 spiro atoms. The molecule has 0 aliphatic carbocycles. The van der Waals surface area contributed by atoms with Crippen LogP contribution < -0.4 is 14.8 Å². The van der Waals surface area contributed by atoms with Crippen LogP contribution in [0, 0.1) is 0 Å². The van der Waals surface area contributed by atoms with Crippen molar-refractivity contribution >= 4 is 11.9 Å². The first-order valence-electron chi connectivity index (χ1n) is 9.91. The van der Waals surface area contributed by atoms with Crippen LogP contribution in [0.15, 0.2) is 72.8 Å². The number of hydrogen-bond acceptors (Lipinski definition) is 5. The molecule has 160 valence electrons. The first-order chi connectivity index (χ1) is 15.1. The van der Waals surface area contributed by atoms with Gasteiger partial charge in [0.1, 0.15) is 0 Å². The number of carbonyl (C=O) groups excluding carboxylic acids is 2. The Bertz CT molecular complexity index is 1030. The lowest BCUT2D eigenvalue weighted by atomic mass is 10.00. The molecule has 3 aromatic rings. The number of benzene rings is 3. The summed E-state index contributed by atoms with van der Waals surface area (Å²) in [6.45, 7) is 0.0698. The summed E-state index contributed by atoms with van der Waals surface area (Å²) >= 11 is 0. The van der Waals surface area contributed by atoms with Gasteiger partial charge in [0.15, 0.2) is 18.1 Å². The molecule has 1 amide bonds. The van der Waals surface area contributed by atoms with Gasteiger partial charge in [0.05, 0.1) is 19.8 Å². The largest absolute Gasteiger partial charge is 0.493 e. The molecule has 0 saturated heterocycles. The van der Waals surface area contributed by atoms with Crippen LogP contribution in [0.1, 0.15) is 15.9 Å². The molecular formula is C25H25NO5. The zero-order chi connectivity index (χ0) is 22.1. The molecule has 3 aromatic carbocycles. The molecule has 0 saturated carbocycles. The third-order valence-electron chi connectivity index (χ3n) is 4.75. The first-order valence-corrected chi connectivity index (χ1v) is 9.91. The Hall–Kier alpha value is -3.80. The van der Waals surface area contributed by atoms with Crippen molar-refractivity contribution in [3.05, 3.63) is 83.9 Å². The highest BCUT2D eigenvalue weighted by molar-refractivity contribution is 5.98. The predicted octanol–water partition coefficient (Wildman–Crippen LogP) is 3.89. The van der Waals surface area contributed by atoms with Gasteiger partial charge in [-0.3, -0.25) is 4.79 Å². The normalized spacial score (nSPS) is 10.3. The van der Waals surface area contributed by atoms with E-state index in [1.54, 1.807) is 26.4 Å². The van der Waals surface area contributed by atoms with Crippen molar-refractivity contribution in [2.24, 2.45) is 0 Å². The lowest BCUT2D eigenvalue weighted by Crippen LogP contribution is -2.30. The van der Waals surface area contributed by atoms with Crippen molar-refractivity contribution < 1.29 is 23.8 Å². The molecule has 0 aromatic heterocycles. The van der Waals surface area contributed by atoms with Gasteiger partial charge in [-0.1, -0.05) is 54.6 Å². The number of nitrogens with one attached hydrogen (secondary N) is 1. The number of carbonyl (C=O) groups is 2. The van der Waals surface area contributed by atoms with Crippen LogP contribution in [0.3, 0.4) is 0 Å². The van der Waals surface area contributed by atoms with E-state index in [-0.39, 0.29) is 12.5 Å². The second kappa shape index (κ2) is 10.8. The standard InChI is InChI=1S/C25H25NO5/c1-29-22-13-12-18(16-23(22)30-2)14-15-26-24(27)17-31-25(28)21-11-7-6-10-20(21)19-8-4-3-5-9-19/h3-13,16H,14-15,17H2,1-2H3,(H,26,27). The molecule has 6 heteroatoms. The minimum Gasteiger partial charge on any atom is -0.493 e. The Morgan fingerprint density at radius 1 is 0.839 bits per heavy atom. The summed E-state index contributed by atoms with van der Waals surface area (Å²) in [4.78, 5) is 24.7. The van der Waals surface area contributed by atoms with Gasteiger partial charge < -0.3 is 19.5 Å². The highest BCUT2D eigenvalue weighted by atomic mass is 16.5. The van der Waals surface area contributed by atoms with Crippen molar-refractivity contribution in [1.82, 2.24) is 5.32 Å². The number of esters is 1. The number of amides is 1. The average Bonchev–Trinajstić information content (AvgIpc) is 2.83. The minimum atomic E-state index is -0.533. The predicted molar refractivity (Wildman–Crippen MR) is 118 cm³/mol. The van der Waals surface area contributed by atoms with Crippen LogP contribution in [0.4, 0.5) is 0 Å². The molecule has 0 radical (unpaired) electrons. The molecule has 0 fully saturated rings. The Labute approximate surface area is 181 Å². The molecule has 0 unspecified atom stereocenters. The fraction of sp³-hybridized carbons (Fsp3) is 0.200. The zero-order valence-electron chi connectivity index (χ0n) is 17.6. The maximum absolute atomic E-state index is 12.5. The zero-order valence-corrected chi connectivity index (χ0v) is 17.6. The van der Waals surface area contributed by atoms with Gasteiger partial charge in [-0.25, -0.2) is 4.79 Å². The Morgan fingerprint density at radius 3 is 2.29 bits per heavy atom. The summed E-state index contributed by atoms with van der Waals surface area (Å²) < 4.78 is 15.7. The molecule has 1 N–H and O–H groups in total. The molecule has 31 heavy (non-hydrogen) atoms. The fourth-order valence-electron chi connectivity index (χ4n) is 3.17. The molecule has 0 atom stereocenters. The van der Waals surface area contributed by atoms with E-state index in [1.807, 2.05) is 60.7 Å². The van der Waals surface area contributed by atoms with Crippen LogP contribution in [-0.4, -0.2) is 39.2 Å². The summed E-state index contributed by atoms with van der Waals surface area (Å²) in [5.74, 6) is 0.399. The third-order valence-corrected chi connectivity index (χ3v) is 4.75. The van der Waals surface area contributed by atoms with Gasteiger partial charge in [0.25, 0.3) is 5.91 Å².